The molecule has 2 aliphatic rings. The molecule has 1 aromatic heterocycles. The molecule has 4 atom stereocenters. The highest BCUT2D eigenvalue weighted by Crippen LogP contribution is 2.40. The first-order valence-corrected chi connectivity index (χ1v) is 15.2. The first-order valence-electron chi connectivity index (χ1n) is 15.2. The summed E-state index contributed by atoms with van der Waals surface area (Å²) in [5.41, 5.74) is 2.22. The number of hydrogen-bond acceptors (Lipinski definition) is 5. The van der Waals surface area contributed by atoms with Gasteiger partial charge in [-0.2, -0.15) is 0 Å². The van der Waals surface area contributed by atoms with E-state index in [4.69, 9.17) is 9.73 Å². The second kappa shape index (κ2) is 12.4. The first kappa shape index (κ1) is 30.0. The fourth-order valence-electron chi connectivity index (χ4n) is 6.49. The lowest BCUT2D eigenvalue weighted by molar-refractivity contribution is 0.168. The molecule has 1 saturated carbocycles. The van der Waals surface area contributed by atoms with E-state index in [-0.39, 0.29) is 23.5 Å². The van der Waals surface area contributed by atoms with Crippen LogP contribution in [0.4, 0.5) is 10.1 Å². The molecule has 1 aliphatic carbocycles. The highest BCUT2D eigenvalue weighted by Gasteiger charge is 2.33. The zero-order valence-electron chi connectivity index (χ0n) is 25.8. The minimum atomic E-state index is -0.346. The van der Waals surface area contributed by atoms with Crippen LogP contribution >= 0.6 is 0 Å². The van der Waals surface area contributed by atoms with Gasteiger partial charge in [-0.1, -0.05) is 26.8 Å². The maximum absolute atomic E-state index is 14.6. The molecule has 0 bridgehead atoms. The summed E-state index contributed by atoms with van der Waals surface area (Å²) < 4.78 is 21.3. The smallest absolute Gasteiger partial charge is 0.261 e. The number of nitrogens with zero attached hydrogens (tertiary/aromatic N) is 4. The van der Waals surface area contributed by atoms with Crippen molar-refractivity contribution in [3.8, 4) is 5.75 Å². The number of halogens is 1. The molecule has 2 heterocycles. The van der Waals surface area contributed by atoms with E-state index in [1.54, 1.807) is 23.0 Å². The Hall–Kier alpha value is -3.46. The molecule has 0 spiro atoms. The third kappa shape index (κ3) is 6.77. The van der Waals surface area contributed by atoms with Gasteiger partial charge in [0.25, 0.3) is 5.56 Å². The summed E-state index contributed by atoms with van der Waals surface area (Å²) in [6, 6.07) is 10.9. The summed E-state index contributed by atoms with van der Waals surface area (Å²) in [5.74, 6) is 1.52. The lowest BCUT2D eigenvalue weighted by Gasteiger charge is -2.39. The summed E-state index contributed by atoms with van der Waals surface area (Å²) >= 11 is 0. The topological polar surface area (TPSA) is 83.8 Å². The third-order valence-corrected chi connectivity index (χ3v) is 8.90. The lowest BCUT2D eigenvalue weighted by Crippen LogP contribution is -2.53. The molecule has 9 heteroatoms. The van der Waals surface area contributed by atoms with E-state index in [1.807, 2.05) is 25.1 Å². The van der Waals surface area contributed by atoms with Crippen molar-refractivity contribution in [2.45, 2.75) is 78.4 Å². The van der Waals surface area contributed by atoms with Gasteiger partial charge in [0.05, 0.1) is 30.4 Å². The number of benzene rings is 2. The van der Waals surface area contributed by atoms with Crippen LogP contribution < -0.4 is 20.9 Å². The van der Waals surface area contributed by atoms with E-state index in [0.29, 0.717) is 46.0 Å². The van der Waals surface area contributed by atoms with Gasteiger partial charge in [-0.3, -0.25) is 9.36 Å². The van der Waals surface area contributed by atoms with Crippen LogP contribution in [-0.4, -0.2) is 59.2 Å². The van der Waals surface area contributed by atoms with Gasteiger partial charge in [0.15, 0.2) is 5.96 Å². The number of methoxy groups -OCH3 is 1. The van der Waals surface area contributed by atoms with Gasteiger partial charge in [0, 0.05) is 43.5 Å². The van der Waals surface area contributed by atoms with Crippen molar-refractivity contribution < 1.29 is 9.13 Å². The molecule has 0 radical (unpaired) electrons. The van der Waals surface area contributed by atoms with E-state index < -0.39 is 0 Å². The molecular formula is C33H45FN6O2. The van der Waals surface area contributed by atoms with Crippen LogP contribution in [0.3, 0.4) is 0 Å². The van der Waals surface area contributed by atoms with Crippen LogP contribution in [0.15, 0.2) is 52.5 Å². The second-order valence-electron chi connectivity index (χ2n) is 13.0. The Morgan fingerprint density at radius 3 is 2.79 bits per heavy atom. The quantitative estimate of drug-likeness (QED) is 0.293. The van der Waals surface area contributed by atoms with E-state index in [9.17, 15) is 9.18 Å². The van der Waals surface area contributed by atoms with E-state index in [1.165, 1.54) is 26.0 Å². The summed E-state index contributed by atoms with van der Waals surface area (Å²) in [6.07, 6.45) is 5.36. The number of nitrogens with one attached hydrogen (secondary N) is 2. The number of aliphatic imine (C=N–C) groups is 1. The van der Waals surface area contributed by atoms with Gasteiger partial charge >= 0.3 is 0 Å². The van der Waals surface area contributed by atoms with Crippen molar-refractivity contribution in [3.05, 3.63) is 64.5 Å². The largest absolute Gasteiger partial charge is 0.497 e. The predicted molar refractivity (Wildman–Crippen MR) is 168 cm³/mol. The van der Waals surface area contributed by atoms with E-state index in [2.05, 4.69) is 48.2 Å². The van der Waals surface area contributed by atoms with Crippen LogP contribution in [0, 0.1) is 17.2 Å². The Bertz CT molecular complexity index is 1500. The Labute approximate surface area is 248 Å². The summed E-state index contributed by atoms with van der Waals surface area (Å²) in [6.45, 7) is 13.8. The molecule has 2 aromatic carbocycles. The number of fused-ring (bicyclic) bond motifs is 1. The molecule has 5 rings (SSSR count). The first-order chi connectivity index (χ1) is 20.0. The molecule has 3 aromatic rings. The number of ether oxygens (including phenoxy) is 1. The van der Waals surface area contributed by atoms with E-state index in [0.717, 1.165) is 37.7 Å². The van der Waals surface area contributed by atoms with E-state index >= 15 is 0 Å². The Balaban J connectivity index is 1.39. The summed E-state index contributed by atoms with van der Waals surface area (Å²) in [7, 11) is 1.51. The highest BCUT2D eigenvalue weighted by molar-refractivity contribution is 5.96. The van der Waals surface area contributed by atoms with Gasteiger partial charge in [-0.05, 0) is 80.7 Å². The number of anilines is 1. The molecule has 2 N–H and O–H groups in total. The number of guanidine groups is 1. The standard InChI is InChI=1S/C33H45FN6O2/c1-21-18-33(4,5)12-11-29(21)38-32(39-14-13-35-22(2)19-39)37-25-8-10-27-30(16-25)36-20-40(31(27)41)23(3)15-24-7-9-26(42-6)17-28(24)34/h7-10,16-17,20-23,29,35H,11-15,18-19H2,1-6H3,(H,37,38)/t21-,22-,23+,29-/m0/s1. The number of piperazine rings is 1. The summed E-state index contributed by atoms with van der Waals surface area (Å²) in [5, 5.41) is 7.66. The maximum Gasteiger partial charge on any atom is 0.261 e. The molecule has 226 valence electrons. The average molecular weight is 577 g/mol. The van der Waals surface area contributed by atoms with Crippen molar-refractivity contribution in [1.29, 1.82) is 0 Å². The van der Waals surface area contributed by atoms with Crippen LogP contribution in [-0.2, 0) is 6.42 Å². The normalized spacial score (nSPS) is 23.5. The van der Waals surface area contributed by atoms with Crippen LogP contribution in [0.5, 0.6) is 5.75 Å². The van der Waals surface area contributed by atoms with Crippen LogP contribution in [0.2, 0.25) is 0 Å². The van der Waals surface area contributed by atoms with Gasteiger partial charge < -0.3 is 20.3 Å². The monoisotopic (exact) mass is 576 g/mol. The fourth-order valence-corrected chi connectivity index (χ4v) is 6.49. The second-order valence-corrected chi connectivity index (χ2v) is 13.0. The van der Waals surface area contributed by atoms with Crippen molar-refractivity contribution in [2.75, 3.05) is 32.1 Å². The minimum absolute atomic E-state index is 0.142. The SMILES string of the molecule is COc1ccc(C[C@@H](C)n2cnc3cc(NC(=N[C@H]4CCC(C)(C)C[C@@H]4C)N4CCN[C@@H](C)C4)ccc3c2=O)c(F)c1. The van der Waals surface area contributed by atoms with Gasteiger partial charge in [-0.25, -0.2) is 14.4 Å². The zero-order chi connectivity index (χ0) is 30.0. The Morgan fingerprint density at radius 2 is 2.07 bits per heavy atom. The molecule has 1 aliphatic heterocycles. The molecular weight excluding hydrogens is 531 g/mol. The van der Waals surface area contributed by atoms with Crippen LogP contribution in [0.25, 0.3) is 10.9 Å². The Morgan fingerprint density at radius 1 is 1.26 bits per heavy atom. The molecule has 0 unspecified atom stereocenters. The zero-order valence-corrected chi connectivity index (χ0v) is 25.8. The number of hydrogen-bond donors (Lipinski definition) is 2. The van der Waals surface area contributed by atoms with Crippen LogP contribution in [0.1, 0.15) is 65.5 Å². The molecule has 42 heavy (non-hydrogen) atoms. The van der Waals surface area contributed by atoms with Crippen molar-refractivity contribution in [1.82, 2.24) is 19.8 Å². The minimum Gasteiger partial charge on any atom is -0.497 e. The number of aromatic nitrogens is 2. The maximum atomic E-state index is 14.6. The van der Waals surface area contributed by atoms with Crippen molar-refractivity contribution in [3.63, 3.8) is 0 Å². The highest BCUT2D eigenvalue weighted by atomic mass is 19.1. The molecule has 1 saturated heterocycles. The van der Waals surface area contributed by atoms with Gasteiger partial charge in [0.1, 0.15) is 11.6 Å². The van der Waals surface area contributed by atoms with Gasteiger partial charge in [0.2, 0.25) is 0 Å². The average Bonchev–Trinajstić information content (AvgIpc) is 2.95. The lowest BCUT2D eigenvalue weighted by atomic mass is 9.71. The molecule has 2 fully saturated rings. The summed E-state index contributed by atoms with van der Waals surface area (Å²) in [4.78, 5) is 25.7. The Kier molecular flexibility index (Phi) is 8.87. The molecule has 8 nitrogen and oxygen atoms in total. The number of rotatable bonds is 6. The van der Waals surface area contributed by atoms with Crippen molar-refractivity contribution in [2.24, 2.45) is 16.3 Å². The molecule has 0 amide bonds. The predicted octanol–water partition coefficient (Wildman–Crippen LogP) is 5.62. The third-order valence-electron chi connectivity index (χ3n) is 8.90. The van der Waals surface area contributed by atoms with Crippen molar-refractivity contribution >= 4 is 22.5 Å². The fraction of sp³-hybridized carbons (Fsp3) is 0.545. The van der Waals surface area contributed by atoms with Gasteiger partial charge in [-0.15, -0.1) is 0 Å².